The van der Waals surface area contributed by atoms with Gasteiger partial charge >= 0.3 is 5.97 Å². The Morgan fingerprint density at radius 3 is 2.39 bits per heavy atom. The molecule has 0 aromatic heterocycles. The molecule has 5 fully saturated rings. The number of carboxylic acid groups (broad SMARTS) is 1. The van der Waals surface area contributed by atoms with Crippen LogP contribution in [0, 0.1) is 50.7 Å². The number of carbonyl (C=O) groups is 1. The van der Waals surface area contributed by atoms with Crippen molar-refractivity contribution >= 4 is 5.97 Å². The van der Waals surface area contributed by atoms with Crippen LogP contribution in [-0.4, -0.2) is 44.4 Å². The molecule has 0 radical (unpaired) electrons. The molecule has 0 amide bonds. The third kappa shape index (κ3) is 3.14. The highest BCUT2D eigenvalue weighted by Crippen LogP contribution is 2.89. The van der Waals surface area contributed by atoms with Crippen molar-refractivity contribution in [2.45, 2.75) is 117 Å². The van der Waals surface area contributed by atoms with Crippen molar-refractivity contribution in [2.24, 2.45) is 50.7 Å². The molecule has 5 aliphatic rings. The average molecular weight is 505 g/mol. The highest BCUT2D eigenvalue weighted by atomic mass is 17.1. The minimum Gasteiger partial charge on any atom is -0.481 e. The second-order valence-corrected chi connectivity index (χ2v) is 14.8. The summed E-state index contributed by atoms with van der Waals surface area (Å²) in [5, 5.41) is 42.0. The van der Waals surface area contributed by atoms with Crippen LogP contribution in [0.25, 0.3) is 0 Å². The Hall–Kier alpha value is -0.950. The van der Waals surface area contributed by atoms with Crippen LogP contribution in [-0.2, 0) is 9.68 Å². The zero-order valence-corrected chi connectivity index (χ0v) is 23.1. The molecule has 0 bridgehead atoms. The monoisotopic (exact) mass is 504 g/mol. The SMILES string of the molecule is C[C@H](C/C=C/C(C)(C)OO)[C@H]1CC[C@]2(C)C3[C@H](O)C[C@@H]4[C@@](C)(C(=O)O)[C@H](O)CC[C@]45C[C@]35CC[C@@]12C. The van der Waals surface area contributed by atoms with Crippen molar-refractivity contribution in [3.63, 3.8) is 0 Å². The first-order chi connectivity index (χ1) is 16.7. The fourth-order valence-electron chi connectivity index (χ4n) is 11.1. The molecule has 6 nitrogen and oxygen atoms in total. The van der Waals surface area contributed by atoms with E-state index in [4.69, 9.17) is 5.26 Å². The van der Waals surface area contributed by atoms with E-state index in [2.05, 4.69) is 31.7 Å². The van der Waals surface area contributed by atoms with Gasteiger partial charge in [-0.05, 0) is 124 Å². The van der Waals surface area contributed by atoms with Crippen molar-refractivity contribution < 1.29 is 30.3 Å². The van der Waals surface area contributed by atoms with Gasteiger partial charge in [-0.2, -0.15) is 0 Å². The molecule has 6 heteroatoms. The number of hydrogen-bond donors (Lipinski definition) is 4. The summed E-state index contributed by atoms with van der Waals surface area (Å²) in [4.78, 5) is 17.0. The first-order valence-corrected chi connectivity index (χ1v) is 14.2. The van der Waals surface area contributed by atoms with Crippen LogP contribution in [0.15, 0.2) is 12.2 Å². The topological polar surface area (TPSA) is 107 Å². The predicted molar refractivity (Wildman–Crippen MR) is 137 cm³/mol. The van der Waals surface area contributed by atoms with Gasteiger partial charge in [-0.1, -0.05) is 32.9 Å². The lowest BCUT2D eigenvalue weighted by atomic mass is 9.41. The number of carboxylic acids is 1. The summed E-state index contributed by atoms with van der Waals surface area (Å²) >= 11 is 0. The molecule has 4 N–H and O–H groups in total. The molecular formula is C30H48O6. The average Bonchev–Trinajstić information content (AvgIpc) is 3.37. The summed E-state index contributed by atoms with van der Waals surface area (Å²) in [5.74, 6) is 0.168. The quantitative estimate of drug-likeness (QED) is 0.211. The summed E-state index contributed by atoms with van der Waals surface area (Å²) in [6, 6.07) is 0. The van der Waals surface area contributed by atoms with E-state index in [-0.39, 0.29) is 33.5 Å². The van der Waals surface area contributed by atoms with Crippen LogP contribution in [0.4, 0.5) is 0 Å². The Balaban J connectivity index is 1.43. The molecule has 2 spiro atoms. The maximum Gasteiger partial charge on any atom is 0.312 e. The van der Waals surface area contributed by atoms with E-state index >= 15 is 0 Å². The summed E-state index contributed by atoms with van der Waals surface area (Å²) in [6.45, 7) is 12.7. The molecular weight excluding hydrogens is 456 g/mol. The number of aliphatic hydroxyl groups excluding tert-OH is 2. The second-order valence-electron chi connectivity index (χ2n) is 14.8. The van der Waals surface area contributed by atoms with Gasteiger partial charge in [0, 0.05) is 0 Å². The van der Waals surface area contributed by atoms with E-state index in [0.29, 0.717) is 24.7 Å². The third-order valence-corrected chi connectivity index (χ3v) is 13.2. The lowest BCUT2D eigenvalue weighted by Gasteiger charge is -2.64. The van der Waals surface area contributed by atoms with Gasteiger partial charge in [0.05, 0.1) is 17.6 Å². The van der Waals surface area contributed by atoms with Gasteiger partial charge in [0.25, 0.3) is 0 Å². The number of aliphatic hydroxyl groups is 2. The number of allylic oxidation sites excluding steroid dienone is 1. The zero-order valence-electron chi connectivity index (χ0n) is 23.1. The van der Waals surface area contributed by atoms with Crippen LogP contribution in [0.5, 0.6) is 0 Å². The molecule has 5 aliphatic carbocycles. The molecule has 204 valence electrons. The summed E-state index contributed by atoms with van der Waals surface area (Å²) in [6.07, 6.45) is 11.1. The first-order valence-electron chi connectivity index (χ1n) is 14.2. The molecule has 0 aliphatic heterocycles. The molecule has 0 aromatic rings. The van der Waals surface area contributed by atoms with Crippen LogP contribution in [0.2, 0.25) is 0 Å². The van der Waals surface area contributed by atoms with Crippen molar-refractivity contribution in [2.75, 3.05) is 0 Å². The predicted octanol–water partition coefficient (Wildman–Crippen LogP) is 5.67. The minimum atomic E-state index is -1.18. The number of aliphatic carboxylic acids is 1. The molecule has 1 unspecified atom stereocenters. The van der Waals surface area contributed by atoms with Crippen molar-refractivity contribution in [1.82, 2.24) is 0 Å². The summed E-state index contributed by atoms with van der Waals surface area (Å²) < 4.78 is 0. The third-order valence-electron chi connectivity index (χ3n) is 13.2. The summed E-state index contributed by atoms with van der Waals surface area (Å²) in [5.41, 5.74) is -1.75. The van der Waals surface area contributed by atoms with Crippen LogP contribution >= 0.6 is 0 Å². The van der Waals surface area contributed by atoms with E-state index in [9.17, 15) is 20.1 Å². The Bertz CT molecular complexity index is 946. The van der Waals surface area contributed by atoms with E-state index < -0.39 is 29.2 Å². The Morgan fingerprint density at radius 2 is 1.75 bits per heavy atom. The van der Waals surface area contributed by atoms with Crippen LogP contribution in [0.3, 0.4) is 0 Å². The Morgan fingerprint density at radius 1 is 1.06 bits per heavy atom. The second kappa shape index (κ2) is 8.03. The molecule has 11 atom stereocenters. The number of hydrogen-bond acceptors (Lipinski definition) is 5. The van der Waals surface area contributed by atoms with Crippen molar-refractivity contribution in [1.29, 1.82) is 0 Å². The molecule has 5 rings (SSSR count). The molecule has 5 saturated carbocycles. The maximum absolute atomic E-state index is 12.5. The van der Waals surface area contributed by atoms with Gasteiger partial charge in [-0.3, -0.25) is 10.1 Å². The molecule has 0 aromatic carbocycles. The van der Waals surface area contributed by atoms with E-state index in [1.165, 1.54) is 0 Å². The van der Waals surface area contributed by atoms with Crippen LogP contribution in [0.1, 0.15) is 99.3 Å². The molecule has 36 heavy (non-hydrogen) atoms. The van der Waals surface area contributed by atoms with E-state index in [0.717, 1.165) is 44.9 Å². The lowest BCUT2D eigenvalue weighted by Crippen LogP contribution is -2.63. The maximum atomic E-state index is 12.5. The minimum absolute atomic E-state index is 0.0148. The highest BCUT2D eigenvalue weighted by molar-refractivity contribution is 5.76. The molecule has 0 saturated heterocycles. The lowest BCUT2D eigenvalue weighted by molar-refractivity contribution is -0.297. The van der Waals surface area contributed by atoms with Crippen molar-refractivity contribution in [3.05, 3.63) is 12.2 Å². The fourth-order valence-corrected chi connectivity index (χ4v) is 11.1. The summed E-state index contributed by atoms with van der Waals surface area (Å²) in [7, 11) is 0. The fraction of sp³-hybridized carbons (Fsp3) is 0.900. The van der Waals surface area contributed by atoms with Gasteiger partial charge in [-0.15, -0.1) is 0 Å². The number of fused-ring (bicyclic) bond motifs is 2. The highest BCUT2D eigenvalue weighted by Gasteiger charge is 2.84. The van der Waals surface area contributed by atoms with Gasteiger partial charge in [0.15, 0.2) is 0 Å². The first kappa shape index (κ1) is 26.6. The standard InChI is InChI=1S/C30H48O6/c1-18(8-7-11-25(2,3)36-35)19-9-12-27(5)23-20(31)16-21-28(6,24(33)34)22(32)10-13-29(21)17-30(23,29)15-14-26(19,27)4/h7,11,18-23,31-32,35H,8-10,12-17H2,1-6H3,(H,33,34)/b11-7+/t18-,19-,20-,21-,22-,23?,26+,27-,28-,29+,30-/m1/s1. The van der Waals surface area contributed by atoms with Crippen molar-refractivity contribution in [3.8, 4) is 0 Å². The number of rotatable bonds is 6. The van der Waals surface area contributed by atoms with E-state index in [1.807, 2.05) is 19.9 Å². The van der Waals surface area contributed by atoms with E-state index in [1.54, 1.807) is 6.92 Å². The Kier molecular flexibility index (Phi) is 5.95. The zero-order chi connectivity index (χ0) is 26.5. The normalized spacial score (nSPS) is 52.8. The van der Waals surface area contributed by atoms with Crippen LogP contribution < -0.4 is 0 Å². The van der Waals surface area contributed by atoms with Gasteiger partial charge in [-0.25, -0.2) is 4.89 Å². The largest absolute Gasteiger partial charge is 0.481 e. The van der Waals surface area contributed by atoms with Gasteiger partial charge < -0.3 is 15.3 Å². The van der Waals surface area contributed by atoms with Gasteiger partial charge in [0.2, 0.25) is 0 Å². The molecule has 0 heterocycles. The smallest absolute Gasteiger partial charge is 0.312 e. The Labute approximate surface area is 216 Å². The van der Waals surface area contributed by atoms with Gasteiger partial charge in [0.1, 0.15) is 5.60 Å².